The zero-order valence-electron chi connectivity index (χ0n) is 17.3. The Morgan fingerprint density at radius 3 is 2.84 bits per heavy atom. The summed E-state index contributed by atoms with van der Waals surface area (Å²) in [6.45, 7) is 1.89. The molecule has 0 fully saturated rings. The van der Waals surface area contributed by atoms with Crippen molar-refractivity contribution >= 4 is 34.3 Å². The van der Waals surface area contributed by atoms with E-state index in [0.717, 1.165) is 16.9 Å². The molecule has 10 nitrogen and oxygen atoms in total. The Morgan fingerprint density at radius 1 is 1.22 bits per heavy atom. The van der Waals surface area contributed by atoms with Crippen LogP contribution in [0.15, 0.2) is 63.1 Å². The third-order valence-corrected chi connectivity index (χ3v) is 5.92. The summed E-state index contributed by atoms with van der Waals surface area (Å²) in [5.41, 5.74) is 1.97. The number of furan rings is 1. The highest BCUT2D eigenvalue weighted by Gasteiger charge is 2.18. The van der Waals surface area contributed by atoms with Gasteiger partial charge in [-0.3, -0.25) is 14.7 Å². The average molecular weight is 449 g/mol. The van der Waals surface area contributed by atoms with Crippen LogP contribution in [-0.2, 0) is 11.8 Å². The molecule has 162 valence electrons. The summed E-state index contributed by atoms with van der Waals surface area (Å²) in [5.74, 6) is 1.49. The number of amides is 1. The molecule has 0 bridgehead atoms. The summed E-state index contributed by atoms with van der Waals surface area (Å²) in [6, 6.07) is 12.4. The van der Waals surface area contributed by atoms with Crippen LogP contribution in [0.4, 0.5) is 0 Å². The number of rotatable bonds is 6. The van der Waals surface area contributed by atoms with Gasteiger partial charge in [-0.1, -0.05) is 23.9 Å². The van der Waals surface area contributed by atoms with Crippen molar-refractivity contribution in [2.45, 2.75) is 18.1 Å². The summed E-state index contributed by atoms with van der Waals surface area (Å²) in [4.78, 5) is 37.9. The van der Waals surface area contributed by atoms with Crippen LogP contribution in [0.5, 0.6) is 0 Å². The number of thioether (sulfide) groups is 1. The van der Waals surface area contributed by atoms with Gasteiger partial charge in [0.2, 0.25) is 5.91 Å². The second kappa shape index (κ2) is 8.00. The van der Waals surface area contributed by atoms with Gasteiger partial charge in [-0.05, 0) is 31.2 Å². The monoisotopic (exact) mass is 449 g/mol. The van der Waals surface area contributed by atoms with Gasteiger partial charge in [0.25, 0.3) is 5.56 Å². The number of para-hydroxylation sites is 2. The van der Waals surface area contributed by atoms with Gasteiger partial charge in [0, 0.05) is 13.1 Å². The molecule has 5 aromatic rings. The first-order valence-corrected chi connectivity index (χ1v) is 10.9. The van der Waals surface area contributed by atoms with Crippen LogP contribution in [0.1, 0.15) is 18.8 Å². The Hall–Kier alpha value is -3.86. The molecule has 11 heteroatoms. The molecule has 1 aromatic carbocycles. The maximum Gasteiger partial charge on any atom is 0.266 e. The Labute approximate surface area is 185 Å². The molecule has 32 heavy (non-hydrogen) atoms. The Kier molecular flexibility index (Phi) is 5.02. The van der Waals surface area contributed by atoms with Gasteiger partial charge in [0.05, 0.1) is 29.1 Å². The van der Waals surface area contributed by atoms with Crippen LogP contribution in [0, 0.1) is 0 Å². The zero-order chi connectivity index (χ0) is 22.2. The van der Waals surface area contributed by atoms with Crippen molar-refractivity contribution in [1.29, 1.82) is 0 Å². The highest BCUT2D eigenvalue weighted by Crippen LogP contribution is 2.23. The van der Waals surface area contributed by atoms with E-state index in [-0.39, 0.29) is 23.3 Å². The number of nitrogens with zero attached hydrogens (tertiary/aromatic N) is 5. The summed E-state index contributed by atoms with van der Waals surface area (Å²) in [6.07, 6.45) is 1.52. The van der Waals surface area contributed by atoms with Crippen LogP contribution >= 0.6 is 11.8 Å². The van der Waals surface area contributed by atoms with Gasteiger partial charge in [0.1, 0.15) is 5.82 Å². The van der Waals surface area contributed by atoms with Gasteiger partial charge in [-0.2, -0.15) is 4.98 Å². The second-order valence-corrected chi connectivity index (χ2v) is 8.16. The second-order valence-electron chi connectivity index (χ2n) is 7.22. The largest absolute Gasteiger partial charge is 0.461 e. The van der Waals surface area contributed by atoms with E-state index in [1.807, 2.05) is 42.8 Å². The van der Waals surface area contributed by atoms with E-state index in [4.69, 9.17) is 4.42 Å². The van der Waals surface area contributed by atoms with E-state index < -0.39 is 0 Å². The van der Waals surface area contributed by atoms with E-state index in [1.54, 1.807) is 12.1 Å². The third-order valence-electron chi connectivity index (χ3n) is 4.99. The van der Waals surface area contributed by atoms with Crippen molar-refractivity contribution < 1.29 is 9.21 Å². The Balaban J connectivity index is 1.34. The lowest BCUT2D eigenvalue weighted by Gasteiger charge is -2.14. The normalized spacial score (nSPS) is 12.4. The third kappa shape index (κ3) is 3.66. The first-order valence-electron chi connectivity index (χ1n) is 9.87. The number of fused-ring (bicyclic) bond motifs is 2. The Morgan fingerprint density at radius 2 is 2.06 bits per heavy atom. The lowest BCUT2D eigenvalue weighted by Crippen LogP contribution is -2.30. The molecule has 2 N–H and O–H groups in total. The smallest absolute Gasteiger partial charge is 0.266 e. The van der Waals surface area contributed by atoms with Crippen molar-refractivity contribution in [2.75, 3.05) is 5.75 Å². The summed E-state index contributed by atoms with van der Waals surface area (Å²) < 4.78 is 8.81. The van der Waals surface area contributed by atoms with E-state index in [1.165, 1.54) is 28.6 Å². The number of hydrogen-bond donors (Lipinski definition) is 2. The first kappa shape index (κ1) is 20.1. The van der Waals surface area contributed by atoms with E-state index >= 15 is 0 Å². The minimum Gasteiger partial charge on any atom is -0.461 e. The van der Waals surface area contributed by atoms with Crippen LogP contribution in [0.25, 0.3) is 28.3 Å². The molecule has 1 unspecified atom stereocenters. The lowest BCUT2D eigenvalue weighted by atomic mass is 10.3. The number of aromatic amines is 1. The number of aromatic nitrogens is 6. The topological polar surface area (TPSA) is 123 Å². The fraction of sp³-hybridized carbons (Fsp3) is 0.190. The maximum atomic E-state index is 12.7. The number of imidazole rings is 1. The number of H-pyrrole nitrogens is 1. The van der Waals surface area contributed by atoms with Crippen LogP contribution < -0.4 is 10.9 Å². The van der Waals surface area contributed by atoms with Gasteiger partial charge in [0.15, 0.2) is 22.4 Å². The molecule has 0 aliphatic rings. The molecule has 0 saturated heterocycles. The SMILES string of the molecule is CC(NC(=O)CSc1nc(-c2ccco2)nc2cc(=O)[nH]n12)c1nc2ccccc2n1C. The predicted molar refractivity (Wildman–Crippen MR) is 119 cm³/mol. The molecule has 1 atom stereocenters. The van der Waals surface area contributed by atoms with Crippen molar-refractivity contribution in [1.82, 2.24) is 34.4 Å². The highest BCUT2D eigenvalue weighted by molar-refractivity contribution is 7.99. The van der Waals surface area contributed by atoms with Crippen LogP contribution in [-0.4, -0.2) is 40.8 Å². The lowest BCUT2D eigenvalue weighted by molar-refractivity contribution is -0.119. The van der Waals surface area contributed by atoms with Crippen LogP contribution in [0.3, 0.4) is 0 Å². The standard InChI is InChI=1S/C21H19N7O3S/c1-12(20-23-13-6-3-4-7-14(13)27(20)2)22-18(30)11-32-21-25-19(15-8-5-9-31-15)24-16-10-17(29)26-28(16)21/h3-10,12H,11H2,1-2H3,(H,22,30)(H,26,29). The molecule has 0 aliphatic carbocycles. The number of benzene rings is 1. The molecule has 5 rings (SSSR count). The van der Waals surface area contributed by atoms with E-state index in [2.05, 4.69) is 25.4 Å². The van der Waals surface area contributed by atoms with Crippen molar-refractivity contribution in [3.05, 3.63) is 64.9 Å². The summed E-state index contributed by atoms with van der Waals surface area (Å²) >= 11 is 1.19. The van der Waals surface area contributed by atoms with Crippen molar-refractivity contribution in [3.63, 3.8) is 0 Å². The summed E-state index contributed by atoms with van der Waals surface area (Å²) in [5, 5.41) is 6.05. The molecule has 0 spiro atoms. The van der Waals surface area contributed by atoms with E-state index in [0.29, 0.717) is 22.4 Å². The molecule has 0 aliphatic heterocycles. The zero-order valence-corrected chi connectivity index (χ0v) is 18.1. The Bertz CT molecular complexity index is 1480. The van der Waals surface area contributed by atoms with Gasteiger partial charge in [-0.25, -0.2) is 14.5 Å². The number of hydrogen-bond acceptors (Lipinski definition) is 7. The number of carbonyl (C=O) groups is 1. The highest BCUT2D eigenvalue weighted by atomic mass is 32.2. The predicted octanol–water partition coefficient (Wildman–Crippen LogP) is 2.53. The van der Waals surface area contributed by atoms with Gasteiger partial charge >= 0.3 is 0 Å². The fourth-order valence-corrected chi connectivity index (χ4v) is 4.29. The molecular formula is C21H19N7O3S. The number of nitrogens with one attached hydrogen (secondary N) is 2. The number of aryl methyl sites for hydroxylation is 1. The minimum absolute atomic E-state index is 0.0954. The van der Waals surface area contributed by atoms with Crippen molar-refractivity contribution in [3.8, 4) is 11.6 Å². The molecule has 1 amide bonds. The molecule has 4 heterocycles. The first-order chi connectivity index (χ1) is 15.5. The molecule has 0 saturated carbocycles. The van der Waals surface area contributed by atoms with Crippen LogP contribution in [0.2, 0.25) is 0 Å². The van der Waals surface area contributed by atoms with Gasteiger partial charge < -0.3 is 14.3 Å². The molecular weight excluding hydrogens is 430 g/mol. The fourth-order valence-electron chi connectivity index (χ4n) is 3.53. The van der Waals surface area contributed by atoms with E-state index in [9.17, 15) is 9.59 Å². The van der Waals surface area contributed by atoms with Crippen molar-refractivity contribution in [2.24, 2.45) is 7.05 Å². The average Bonchev–Trinajstić information content (AvgIpc) is 3.50. The minimum atomic E-state index is -0.308. The molecule has 4 aromatic heterocycles. The molecule has 0 radical (unpaired) electrons. The van der Waals surface area contributed by atoms with Gasteiger partial charge in [-0.15, -0.1) is 0 Å². The maximum absolute atomic E-state index is 12.7. The summed E-state index contributed by atoms with van der Waals surface area (Å²) in [7, 11) is 1.93. The number of carbonyl (C=O) groups excluding carboxylic acids is 1. The quantitative estimate of drug-likeness (QED) is 0.382.